The molecule has 2 aromatic rings. The van der Waals surface area contributed by atoms with Crippen molar-refractivity contribution in [3.63, 3.8) is 0 Å². The summed E-state index contributed by atoms with van der Waals surface area (Å²) in [5.41, 5.74) is 1.53. The number of hydrogen-bond donors (Lipinski definition) is 3. The lowest BCUT2D eigenvalue weighted by Gasteiger charge is -2.32. The van der Waals surface area contributed by atoms with Crippen molar-refractivity contribution in [2.45, 2.75) is 80.8 Å². The van der Waals surface area contributed by atoms with E-state index in [1.807, 2.05) is 12.1 Å². The molecule has 0 radical (unpaired) electrons. The fourth-order valence-corrected chi connectivity index (χ4v) is 7.02. The number of piperidine rings is 1. The Balaban J connectivity index is 1.40. The zero-order valence-corrected chi connectivity index (χ0v) is 24.2. The summed E-state index contributed by atoms with van der Waals surface area (Å²) >= 11 is 0. The first-order valence-electron chi connectivity index (χ1n) is 14.2. The highest BCUT2D eigenvalue weighted by atomic mass is 32.2. The molecule has 1 amide bonds. The van der Waals surface area contributed by atoms with Crippen LogP contribution in [-0.2, 0) is 34.0 Å². The topological polar surface area (TPSA) is 98.7 Å². The van der Waals surface area contributed by atoms with Crippen molar-refractivity contribution in [3.8, 4) is 0 Å². The molecule has 1 saturated heterocycles. The molecule has 43 heavy (non-hydrogen) atoms. The fourth-order valence-electron chi connectivity index (χ4n) is 5.75. The number of carbonyl (C=O) groups is 1. The molecule has 14 heteroatoms. The third-order valence-corrected chi connectivity index (χ3v) is 9.53. The number of rotatable bonds is 10. The summed E-state index contributed by atoms with van der Waals surface area (Å²) in [6.45, 7) is 2.80. The van der Waals surface area contributed by atoms with E-state index in [0.29, 0.717) is 24.8 Å². The molecule has 0 bridgehead atoms. The molecule has 4 rings (SSSR count). The first-order valence-corrected chi connectivity index (χ1v) is 15.6. The van der Waals surface area contributed by atoms with Gasteiger partial charge in [-0.05, 0) is 92.4 Å². The molecule has 0 spiro atoms. The number of hydrogen-bond acceptors (Lipinski definition) is 5. The Morgan fingerprint density at radius 2 is 1.74 bits per heavy atom. The van der Waals surface area contributed by atoms with Crippen LogP contribution in [0.1, 0.15) is 66.8 Å². The van der Waals surface area contributed by atoms with Crippen molar-refractivity contribution in [1.29, 1.82) is 0 Å². The molecular weight excluding hydrogens is 600 g/mol. The van der Waals surface area contributed by atoms with Crippen LogP contribution in [0.25, 0.3) is 0 Å². The standard InChI is InChI=1S/C29H35F6N3O4S/c30-28(31,32)22-4-2-5-23(16-22)43(41,42)37-26(29(33,34)35)17-27(40)36-25-6-1-3-21-15-20(7-8-24(21)25)18-38-12-9-19(10-13-38)11-14-39/h2,4-5,7-8,15-16,19,25-26,37,39H,1,3,6,9-14,17-18H2,(H,36,40)/t25-,26-/m1/s1. The second kappa shape index (κ2) is 13.5. The Morgan fingerprint density at radius 1 is 1.02 bits per heavy atom. The predicted molar refractivity (Wildman–Crippen MR) is 146 cm³/mol. The maximum absolute atomic E-state index is 13.8. The lowest BCUT2D eigenvalue weighted by atomic mass is 9.86. The van der Waals surface area contributed by atoms with Crippen LogP contribution in [0.15, 0.2) is 47.4 Å². The number of amides is 1. The van der Waals surface area contributed by atoms with E-state index in [4.69, 9.17) is 5.11 Å². The average Bonchev–Trinajstić information content (AvgIpc) is 2.93. The van der Waals surface area contributed by atoms with Gasteiger partial charge in [0.15, 0.2) is 0 Å². The second-order valence-electron chi connectivity index (χ2n) is 11.2. The number of aryl methyl sites for hydroxylation is 1. The van der Waals surface area contributed by atoms with Crippen LogP contribution in [0, 0.1) is 5.92 Å². The highest BCUT2D eigenvalue weighted by molar-refractivity contribution is 7.89. The van der Waals surface area contributed by atoms with Crippen molar-refractivity contribution in [3.05, 3.63) is 64.7 Å². The first-order chi connectivity index (χ1) is 20.2. The summed E-state index contributed by atoms with van der Waals surface area (Å²) < 4.78 is 107. The third kappa shape index (κ3) is 8.93. The summed E-state index contributed by atoms with van der Waals surface area (Å²) in [7, 11) is -5.04. The van der Waals surface area contributed by atoms with E-state index in [-0.39, 0.29) is 12.7 Å². The number of halogens is 6. The molecule has 1 fully saturated rings. The summed E-state index contributed by atoms with van der Waals surface area (Å²) in [6, 6.07) is 4.80. The fraction of sp³-hybridized carbons (Fsp3) is 0.552. The number of nitrogens with one attached hydrogen (secondary N) is 2. The molecule has 7 nitrogen and oxygen atoms in total. The average molecular weight is 636 g/mol. The summed E-state index contributed by atoms with van der Waals surface area (Å²) in [5, 5.41) is 11.8. The summed E-state index contributed by atoms with van der Waals surface area (Å²) in [5.74, 6) is -0.510. The number of aliphatic hydroxyl groups is 1. The molecular formula is C29H35F6N3O4S. The molecule has 0 saturated carbocycles. The quantitative estimate of drug-likeness (QED) is 0.316. The van der Waals surface area contributed by atoms with Gasteiger partial charge in [-0.2, -0.15) is 31.1 Å². The molecule has 1 aliphatic heterocycles. The number of alkyl halides is 6. The first kappa shape index (κ1) is 33.2. The van der Waals surface area contributed by atoms with E-state index in [9.17, 15) is 39.6 Å². The monoisotopic (exact) mass is 635 g/mol. The van der Waals surface area contributed by atoms with Crippen molar-refractivity contribution in [2.24, 2.45) is 5.92 Å². The van der Waals surface area contributed by atoms with Gasteiger partial charge >= 0.3 is 12.4 Å². The lowest BCUT2D eigenvalue weighted by molar-refractivity contribution is -0.158. The molecule has 2 aliphatic rings. The smallest absolute Gasteiger partial charge is 0.396 e. The van der Waals surface area contributed by atoms with Crippen molar-refractivity contribution in [2.75, 3.05) is 19.7 Å². The summed E-state index contributed by atoms with van der Waals surface area (Å²) in [6.07, 6.45) is -6.58. The van der Waals surface area contributed by atoms with Crippen LogP contribution in [0.2, 0.25) is 0 Å². The number of carbonyl (C=O) groups excluding carboxylic acids is 1. The van der Waals surface area contributed by atoms with E-state index in [1.165, 1.54) is 4.72 Å². The van der Waals surface area contributed by atoms with Gasteiger partial charge in [0, 0.05) is 13.2 Å². The molecule has 238 valence electrons. The van der Waals surface area contributed by atoms with Crippen LogP contribution < -0.4 is 10.0 Å². The van der Waals surface area contributed by atoms with Crippen LogP contribution >= 0.6 is 0 Å². The number of nitrogens with zero attached hydrogens (tertiary/aromatic N) is 1. The van der Waals surface area contributed by atoms with Gasteiger partial charge in [-0.3, -0.25) is 9.69 Å². The number of likely N-dealkylation sites (tertiary alicyclic amines) is 1. The molecule has 0 unspecified atom stereocenters. The molecule has 2 atom stereocenters. The number of aliphatic hydroxyl groups excluding tert-OH is 1. The SMILES string of the molecule is O=C(C[C@@H](NS(=O)(=O)c1cccc(C(F)(F)F)c1)C(F)(F)F)N[C@@H]1CCCc2cc(CN3CCC(CCO)CC3)ccc21. The summed E-state index contributed by atoms with van der Waals surface area (Å²) in [4.78, 5) is 14.1. The highest BCUT2D eigenvalue weighted by Gasteiger charge is 2.44. The zero-order valence-electron chi connectivity index (χ0n) is 23.3. The Morgan fingerprint density at radius 3 is 2.40 bits per heavy atom. The number of sulfonamides is 1. The van der Waals surface area contributed by atoms with Crippen LogP contribution in [0.3, 0.4) is 0 Å². The predicted octanol–water partition coefficient (Wildman–Crippen LogP) is 5.09. The van der Waals surface area contributed by atoms with Gasteiger partial charge in [-0.15, -0.1) is 0 Å². The van der Waals surface area contributed by atoms with Gasteiger partial charge in [-0.1, -0.05) is 24.3 Å². The zero-order chi connectivity index (χ0) is 31.4. The molecule has 3 N–H and O–H groups in total. The lowest BCUT2D eigenvalue weighted by Crippen LogP contribution is -2.48. The second-order valence-corrected chi connectivity index (χ2v) is 12.9. The van der Waals surface area contributed by atoms with Gasteiger partial charge in [0.2, 0.25) is 15.9 Å². The third-order valence-electron chi connectivity index (χ3n) is 8.06. The minimum absolute atomic E-state index is 0.194. The van der Waals surface area contributed by atoms with Crippen molar-refractivity contribution in [1.82, 2.24) is 14.9 Å². The number of fused-ring (bicyclic) bond motifs is 1. The Kier molecular flexibility index (Phi) is 10.5. The molecule has 1 aliphatic carbocycles. The van der Waals surface area contributed by atoms with Crippen LogP contribution in [-0.4, -0.2) is 56.2 Å². The Labute approximate surface area is 246 Å². The molecule has 2 aromatic carbocycles. The Bertz CT molecular complexity index is 1380. The van der Waals surface area contributed by atoms with E-state index < -0.39 is 57.2 Å². The van der Waals surface area contributed by atoms with Crippen LogP contribution in [0.4, 0.5) is 26.3 Å². The van der Waals surface area contributed by atoms with Gasteiger partial charge < -0.3 is 10.4 Å². The normalized spacial score (nSPS) is 19.6. The van der Waals surface area contributed by atoms with E-state index in [1.54, 1.807) is 0 Å². The van der Waals surface area contributed by atoms with Gasteiger partial charge in [0.25, 0.3) is 0 Å². The minimum Gasteiger partial charge on any atom is -0.396 e. The van der Waals surface area contributed by atoms with Gasteiger partial charge in [-0.25, -0.2) is 8.42 Å². The Hall–Kier alpha value is -2.68. The minimum atomic E-state index is -5.18. The van der Waals surface area contributed by atoms with E-state index >= 15 is 0 Å². The maximum atomic E-state index is 13.8. The van der Waals surface area contributed by atoms with E-state index in [0.717, 1.165) is 74.1 Å². The number of benzene rings is 2. The van der Waals surface area contributed by atoms with Crippen molar-refractivity contribution >= 4 is 15.9 Å². The van der Waals surface area contributed by atoms with E-state index in [2.05, 4.69) is 16.3 Å². The van der Waals surface area contributed by atoms with Gasteiger partial charge in [0.05, 0.1) is 22.9 Å². The van der Waals surface area contributed by atoms with Crippen LogP contribution in [0.5, 0.6) is 0 Å². The largest absolute Gasteiger partial charge is 0.416 e. The highest BCUT2D eigenvalue weighted by Crippen LogP contribution is 2.33. The molecule has 0 aromatic heterocycles. The molecule has 1 heterocycles. The maximum Gasteiger partial charge on any atom is 0.416 e. The van der Waals surface area contributed by atoms with Gasteiger partial charge in [0.1, 0.15) is 6.04 Å². The van der Waals surface area contributed by atoms with Crippen molar-refractivity contribution < 1.29 is 44.7 Å².